The first kappa shape index (κ1) is 11.8. The molecule has 0 aliphatic rings. The number of benzene rings is 1. The van der Waals surface area contributed by atoms with Crippen LogP contribution in [0.2, 0.25) is 0 Å². The van der Waals surface area contributed by atoms with Crippen molar-refractivity contribution in [3.63, 3.8) is 0 Å². The maximum atomic E-state index is 12.6. The SMILES string of the molecule is COc1cccc(C(=O)Cl)c1C(F)(F)F. The Kier molecular flexibility index (Phi) is 3.24. The highest BCUT2D eigenvalue weighted by molar-refractivity contribution is 6.68. The molecule has 0 unspecified atom stereocenters. The Labute approximate surface area is 88.6 Å². The number of alkyl halides is 3. The van der Waals surface area contributed by atoms with Crippen LogP contribution in [0.4, 0.5) is 13.2 Å². The molecule has 1 aromatic carbocycles. The monoisotopic (exact) mass is 238 g/mol. The summed E-state index contributed by atoms with van der Waals surface area (Å²) in [6.45, 7) is 0. The molecule has 0 saturated heterocycles. The number of ether oxygens (including phenoxy) is 1. The predicted molar refractivity (Wildman–Crippen MR) is 48.2 cm³/mol. The van der Waals surface area contributed by atoms with Crippen molar-refractivity contribution in [2.45, 2.75) is 6.18 Å². The van der Waals surface area contributed by atoms with Gasteiger partial charge in [0, 0.05) is 0 Å². The van der Waals surface area contributed by atoms with Crippen molar-refractivity contribution in [2.75, 3.05) is 7.11 Å². The maximum Gasteiger partial charge on any atom is 0.420 e. The lowest BCUT2D eigenvalue weighted by Crippen LogP contribution is -2.12. The molecule has 0 spiro atoms. The molecule has 0 saturated carbocycles. The van der Waals surface area contributed by atoms with Gasteiger partial charge in [-0.2, -0.15) is 13.2 Å². The van der Waals surface area contributed by atoms with Crippen LogP contribution in [0.5, 0.6) is 5.75 Å². The average Bonchev–Trinajstić information content (AvgIpc) is 2.15. The van der Waals surface area contributed by atoms with Gasteiger partial charge in [0.05, 0.1) is 12.7 Å². The van der Waals surface area contributed by atoms with Gasteiger partial charge in [-0.3, -0.25) is 4.79 Å². The van der Waals surface area contributed by atoms with Crippen molar-refractivity contribution < 1.29 is 22.7 Å². The summed E-state index contributed by atoms with van der Waals surface area (Å²) in [6.07, 6.45) is -4.67. The quantitative estimate of drug-likeness (QED) is 0.740. The number of hydrogen-bond acceptors (Lipinski definition) is 2. The van der Waals surface area contributed by atoms with Gasteiger partial charge in [0.25, 0.3) is 5.24 Å². The highest BCUT2D eigenvalue weighted by Gasteiger charge is 2.38. The van der Waals surface area contributed by atoms with Crippen LogP contribution in [0, 0.1) is 0 Å². The topological polar surface area (TPSA) is 26.3 Å². The van der Waals surface area contributed by atoms with Gasteiger partial charge < -0.3 is 4.74 Å². The van der Waals surface area contributed by atoms with Crippen LogP contribution in [-0.4, -0.2) is 12.4 Å². The first-order valence-corrected chi connectivity index (χ1v) is 4.19. The second-order valence-corrected chi connectivity index (χ2v) is 3.00. The van der Waals surface area contributed by atoms with Crippen molar-refractivity contribution in [3.05, 3.63) is 29.3 Å². The van der Waals surface area contributed by atoms with E-state index >= 15 is 0 Å². The smallest absolute Gasteiger partial charge is 0.420 e. The van der Waals surface area contributed by atoms with Crippen molar-refractivity contribution in [1.82, 2.24) is 0 Å². The molecule has 0 bridgehead atoms. The van der Waals surface area contributed by atoms with Crippen LogP contribution in [0.1, 0.15) is 15.9 Å². The Morgan fingerprint density at radius 1 is 1.40 bits per heavy atom. The molecule has 1 rings (SSSR count). The molecule has 15 heavy (non-hydrogen) atoms. The van der Waals surface area contributed by atoms with E-state index in [1.165, 1.54) is 6.07 Å². The minimum absolute atomic E-state index is 0.422. The number of carbonyl (C=O) groups is 1. The van der Waals surface area contributed by atoms with Gasteiger partial charge >= 0.3 is 6.18 Å². The summed E-state index contributed by atoms with van der Waals surface area (Å²) in [4.78, 5) is 10.8. The Morgan fingerprint density at radius 2 is 2.00 bits per heavy atom. The third-order valence-electron chi connectivity index (χ3n) is 1.74. The predicted octanol–water partition coefficient (Wildman–Crippen LogP) is 3.09. The maximum absolute atomic E-state index is 12.6. The minimum atomic E-state index is -4.67. The highest BCUT2D eigenvalue weighted by atomic mass is 35.5. The number of hydrogen-bond donors (Lipinski definition) is 0. The van der Waals surface area contributed by atoms with Crippen LogP contribution in [-0.2, 0) is 6.18 Å². The average molecular weight is 239 g/mol. The molecular formula is C9H6ClF3O2. The lowest BCUT2D eigenvalue weighted by Gasteiger charge is -2.14. The molecule has 1 aromatic rings. The zero-order valence-corrected chi connectivity index (χ0v) is 8.32. The molecule has 0 aromatic heterocycles. The number of halogens is 4. The van der Waals surface area contributed by atoms with Crippen molar-refractivity contribution in [3.8, 4) is 5.75 Å². The Morgan fingerprint density at radius 3 is 2.40 bits per heavy atom. The summed E-state index contributed by atoms with van der Waals surface area (Å²) in [6, 6.07) is 3.39. The van der Waals surface area contributed by atoms with E-state index in [0.717, 1.165) is 19.2 Å². The van der Waals surface area contributed by atoms with Crippen LogP contribution in [0.25, 0.3) is 0 Å². The first-order chi connectivity index (χ1) is 6.88. The van der Waals surface area contributed by atoms with E-state index in [0.29, 0.717) is 0 Å². The van der Waals surface area contributed by atoms with Gasteiger partial charge in [0.1, 0.15) is 11.3 Å². The highest BCUT2D eigenvalue weighted by Crippen LogP contribution is 2.39. The fraction of sp³-hybridized carbons (Fsp3) is 0.222. The van der Waals surface area contributed by atoms with E-state index in [9.17, 15) is 18.0 Å². The van der Waals surface area contributed by atoms with Crippen molar-refractivity contribution in [2.24, 2.45) is 0 Å². The van der Waals surface area contributed by atoms with Crippen LogP contribution >= 0.6 is 11.6 Å². The second kappa shape index (κ2) is 4.10. The normalized spacial score (nSPS) is 11.3. The lowest BCUT2D eigenvalue weighted by molar-refractivity contribution is -0.139. The van der Waals surface area contributed by atoms with Gasteiger partial charge in [-0.05, 0) is 23.7 Å². The summed E-state index contributed by atoms with van der Waals surface area (Å²) >= 11 is 5.05. The van der Waals surface area contributed by atoms with E-state index in [1.54, 1.807) is 0 Å². The third kappa shape index (κ3) is 2.41. The van der Waals surface area contributed by atoms with E-state index in [1.807, 2.05) is 0 Å². The second-order valence-electron chi connectivity index (χ2n) is 2.65. The molecule has 0 amide bonds. The molecule has 0 atom stereocenters. The van der Waals surface area contributed by atoms with E-state index < -0.39 is 28.3 Å². The minimum Gasteiger partial charge on any atom is -0.496 e. The molecule has 0 aliphatic carbocycles. The molecule has 2 nitrogen and oxygen atoms in total. The fourth-order valence-electron chi connectivity index (χ4n) is 1.16. The molecule has 0 N–H and O–H groups in total. The lowest BCUT2D eigenvalue weighted by atomic mass is 10.1. The Hall–Kier alpha value is -1.23. The molecule has 0 aliphatic heterocycles. The summed E-state index contributed by atoms with van der Waals surface area (Å²) < 4.78 is 42.2. The van der Waals surface area contributed by atoms with E-state index in [-0.39, 0.29) is 0 Å². The Bertz CT molecular complexity index is 387. The van der Waals surface area contributed by atoms with Gasteiger partial charge in [-0.15, -0.1) is 0 Å². The van der Waals surface area contributed by atoms with Gasteiger partial charge in [-0.25, -0.2) is 0 Å². The summed E-state index contributed by atoms with van der Waals surface area (Å²) in [5.41, 5.74) is -1.75. The largest absolute Gasteiger partial charge is 0.496 e. The number of rotatable bonds is 2. The zero-order valence-electron chi connectivity index (χ0n) is 7.56. The van der Waals surface area contributed by atoms with Crippen molar-refractivity contribution in [1.29, 1.82) is 0 Å². The zero-order chi connectivity index (χ0) is 11.6. The molecule has 82 valence electrons. The summed E-state index contributed by atoms with van der Waals surface area (Å²) in [7, 11) is 1.09. The first-order valence-electron chi connectivity index (χ1n) is 3.82. The fourth-order valence-corrected chi connectivity index (χ4v) is 1.31. The van der Waals surface area contributed by atoms with E-state index in [2.05, 4.69) is 4.74 Å². The molecule has 0 radical (unpaired) electrons. The van der Waals surface area contributed by atoms with Gasteiger partial charge in [0.15, 0.2) is 0 Å². The standard InChI is InChI=1S/C9H6ClF3O2/c1-15-6-4-2-3-5(8(10)14)7(6)9(11,12)13/h2-4H,1H3. The third-order valence-corrected chi connectivity index (χ3v) is 1.94. The molecule has 0 fully saturated rings. The molecule has 6 heteroatoms. The Balaban J connectivity index is 3.47. The number of carbonyl (C=O) groups excluding carboxylic acids is 1. The van der Waals surface area contributed by atoms with E-state index in [4.69, 9.17) is 11.6 Å². The van der Waals surface area contributed by atoms with Crippen molar-refractivity contribution >= 4 is 16.8 Å². The van der Waals surface area contributed by atoms with Gasteiger partial charge in [0.2, 0.25) is 0 Å². The van der Waals surface area contributed by atoms with Gasteiger partial charge in [-0.1, -0.05) is 6.07 Å². The van der Waals surface area contributed by atoms with Crippen LogP contribution < -0.4 is 4.74 Å². The summed E-state index contributed by atoms with van der Waals surface area (Å²) in [5.74, 6) is -0.422. The van der Waals surface area contributed by atoms with Crippen LogP contribution in [0.3, 0.4) is 0 Å². The molecule has 0 heterocycles. The molecular weight excluding hydrogens is 233 g/mol. The summed E-state index contributed by atoms with van der Waals surface area (Å²) in [5, 5.41) is -1.17. The number of methoxy groups -OCH3 is 1. The van der Waals surface area contributed by atoms with Crippen LogP contribution in [0.15, 0.2) is 18.2 Å².